The van der Waals surface area contributed by atoms with Crippen LogP contribution in [0.4, 0.5) is 0 Å². The van der Waals surface area contributed by atoms with E-state index in [2.05, 4.69) is 10.3 Å². The number of benzene rings is 1. The molecule has 1 aromatic heterocycles. The van der Waals surface area contributed by atoms with E-state index < -0.39 is 24.8 Å². The first-order chi connectivity index (χ1) is 13.0. The van der Waals surface area contributed by atoms with E-state index >= 15 is 0 Å². The lowest BCUT2D eigenvalue weighted by atomic mass is 10.1. The third-order valence-corrected chi connectivity index (χ3v) is 4.12. The number of nitrogens with one attached hydrogen (secondary N) is 2. The molecule has 2 unspecified atom stereocenters. The first kappa shape index (κ1) is 19.4. The molecule has 10 nitrogen and oxygen atoms in total. The van der Waals surface area contributed by atoms with Gasteiger partial charge in [-0.1, -0.05) is 0 Å². The summed E-state index contributed by atoms with van der Waals surface area (Å²) in [4.78, 5) is 14.6. The zero-order valence-electron chi connectivity index (χ0n) is 14.5. The Morgan fingerprint density at radius 2 is 2.19 bits per heavy atom. The molecule has 0 bridgehead atoms. The van der Waals surface area contributed by atoms with Crippen LogP contribution >= 0.6 is 0 Å². The Morgan fingerprint density at radius 3 is 2.93 bits per heavy atom. The molecule has 2 aromatic rings. The molecular formula is C17H23N3O7. The van der Waals surface area contributed by atoms with E-state index in [1.165, 1.54) is 0 Å². The second-order valence-electron chi connectivity index (χ2n) is 6.16. The van der Waals surface area contributed by atoms with Crippen molar-refractivity contribution in [1.82, 2.24) is 10.3 Å². The smallest absolute Gasteiger partial charge is 0.257 e. The molecule has 2 heterocycles. The molecule has 0 saturated carbocycles. The number of carbonyl (C=O) groups is 1. The van der Waals surface area contributed by atoms with Gasteiger partial charge in [0.05, 0.1) is 6.10 Å². The lowest BCUT2D eigenvalue weighted by Gasteiger charge is -2.33. The number of H-pyrrole nitrogens is 1. The van der Waals surface area contributed by atoms with Crippen LogP contribution in [0.15, 0.2) is 24.4 Å². The van der Waals surface area contributed by atoms with Crippen LogP contribution in [0.5, 0.6) is 11.5 Å². The summed E-state index contributed by atoms with van der Waals surface area (Å²) >= 11 is 0. The Kier molecular flexibility index (Phi) is 6.14. The van der Waals surface area contributed by atoms with Gasteiger partial charge < -0.3 is 45.6 Å². The second-order valence-corrected chi connectivity index (χ2v) is 6.16. The normalized spacial score (nSPS) is 25.3. The molecule has 1 aromatic carbocycles. The Balaban J connectivity index is 1.67. The maximum Gasteiger partial charge on any atom is 0.257 e. The average Bonchev–Trinajstić information content (AvgIpc) is 3.04. The van der Waals surface area contributed by atoms with Crippen molar-refractivity contribution in [2.45, 2.75) is 31.2 Å². The van der Waals surface area contributed by atoms with Crippen LogP contribution < -0.4 is 20.5 Å². The van der Waals surface area contributed by atoms with Crippen molar-refractivity contribution >= 4 is 16.8 Å². The van der Waals surface area contributed by atoms with E-state index in [4.69, 9.17) is 19.9 Å². The van der Waals surface area contributed by atoms with E-state index in [9.17, 15) is 20.1 Å². The fourth-order valence-corrected chi connectivity index (χ4v) is 2.71. The molecule has 1 amide bonds. The predicted molar refractivity (Wildman–Crippen MR) is 94.0 cm³/mol. The van der Waals surface area contributed by atoms with Gasteiger partial charge in [0.25, 0.3) is 5.91 Å². The number of carbonyl (C=O) groups excluding carboxylic acids is 1. The Hall–Kier alpha value is -2.37. The number of aliphatic hydroxyl groups excluding tert-OH is 3. The number of aromatic nitrogens is 1. The minimum atomic E-state index is -1.53. The number of amides is 1. The monoisotopic (exact) mass is 381 g/mol. The van der Waals surface area contributed by atoms with Crippen molar-refractivity contribution in [2.24, 2.45) is 5.73 Å². The molecular weight excluding hydrogens is 358 g/mol. The number of ether oxygens (including phenoxy) is 3. The molecule has 1 aliphatic rings. The summed E-state index contributed by atoms with van der Waals surface area (Å²) in [6.45, 7) is 0.588. The summed E-state index contributed by atoms with van der Waals surface area (Å²) in [5.74, 6) is 0.613. The second kappa shape index (κ2) is 8.55. The SMILES string of the molecule is NCCNC(=O)COc1ccc2[nH]cc(O[C@H]3CC(O)[C@@H](O)C(O)O3)c2c1. The quantitative estimate of drug-likeness (QED) is 0.348. The third kappa shape index (κ3) is 4.67. The third-order valence-electron chi connectivity index (χ3n) is 4.12. The van der Waals surface area contributed by atoms with Crippen LogP contribution in [0.2, 0.25) is 0 Å². The number of hydrogen-bond donors (Lipinski definition) is 6. The van der Waals surface area contributed by atoms with E-state index in [-0.39, 0.29) is 18.9 Å². The summed E-state index contributed by atoms with van der Waals surface area (Å²) in [5.41, 5.74) is 6.09. The van der Waals surface area contributed by atoms with E-state index in [0.717, 1.165) is 5.52 Å². The molecule has 10 heteroatoms. The number of aromatic amines is 1. The van der Waals surface area contributed by atoms with Gasteiger partial charge in [-0.15, -0.1) is 0 Å². The van der Waals surface area contributed by atoms with Crippen molar-refractivity contribution in [1.29, 1.82) is 0 Å². The maximum atomic E-state index is 11.6. The maximum absolute atomic E-state index is 11.6. The Labute approximate surface area is 154 Å². The van der Waals surface area contributed by atoms with Crippen LogP contribution in [0.1, 0.15) is 6.42 Å². The molecule has 4 atom stereocenters. The summed E-state index contributed by atoms with van der Waals surface area (Å²) in [6.07, 6.45) is -3.38. The highest BCUT2D eigenvalue weighted by Crippen LogP contribution is 2.31. The Bertz CT molecular complexity index is 769. The topological polar surface area (TPSA) is 159 Å². The first-order valence-corrected chi connectivity index (χ1v) is 8.55. The van der Waals surface area contributed by atoms with Gasteiger partial charge in [-0.3, -0.25) is 4.79 Å². The molecule has 148 valence electrons. The highest BCUT2D eigenvalue weighted by atomic mass is 16.7. The molecule has 0 aliphatic carbocycles. The zero-order valence-corrected chi connectivity index (χ0v) is 14.5. The van der Waals surface area contributed by atoms with Gasteiger partial charge in [0.15, 0.2) is 12.9 Å². The lowest BCUT2D eigenvalue weighted by molar-refractivity contribution is -0.285. The molecule has 0 spiro atoms. The fraction of sp³-hybridized carbons (Fsp3) is 0.471. The van der Waals surface area contributed by atoms with Crippen LogP contribution in [0, 0.1) is 0 Å². The summed E-state index contributed by atoms with van der Waals surface area (Å²) in [5, 5.41) is 32.1. The van der Waals surface area contributed by atoms with Gasteiger partial charge >= 0.3 is 0 Å². The molecule has 27 heavy (non-hydrogen) atoms. The van der Waals surface area contributed by atoms with Crippen molar-refractivity contribution < 1.29 is 34.3 Å². The van der Waals surface area contributed by atoms with Gasteiger partial charge in [0.1, 0.15) is 17.6 Å². The van der Waals surface area contributed by atoms with E-state index in [0.29, 0.717) is 30.0 Å². The van der Waals surface area contributed by atoms with Gasteiger partial charge in [-0.2, -0.15) is 0 Å². The number of fused-ring (bicyclic) bond motifs is 1. The molecule has 0 radical (unpaired) electrons. The van der Waals surface area contributed by atoms with E-state index in [1.54, 1.807) is 24.4 Å². The van der Waals surface area contributed by atoms with Gasteiger partial charge in [0.2, 0.25) is 6.29 Å². The highest BCUT2D eigenvalue weighted by molar-refractivity contribution is 5.87. The van der Waals surface area contributed by atoms with Crippen LogP contribution in [0.25, 0.3) is 10.9 Å². The molecule has 1 aliphatic heterocycles. The number of aliphatic hydroxyl groups is 3. The minimum Gasteiger partial charge on any atom is -0.484 e. The molecule has 1 saturated heterocycles. The van der Waals surface area contributed by atoms with Crippen molar-refractivity contribution in [3.05, 3.63) is 24.4 Å². The fourth-order valence-electron chi connectivity index (χ4n) is 2.71. The summed E-state index contributed by atoms with van der Waals surface area (Å²) in [7, 11) is 0. The minimum absolute atomic E-state index is 0.00239. The molecule has 7 N–H and O–H groups in total. The largest absolute Gasteiger partial charge is 0.484 e. The van der Waals surface area contributed by atoms with Gasteiger partial charge in [0, 0.05) is 36.6 Å². The standard InChI is InChI=1S/C17H23N3O7/c18-3-4-19-14(22)8-25-9-1-2-11-10(5-9)13(7-20-11)26-15-6-12(21)16(23)17(24)27-15/h1-2,5,7,12,15-17,20-21,23-24H,3-4,6,8,18H2,(H,19,22)/t12?,15-,16-,17?/m1/s1. The molecule has 3 rings (SSSR count). The van der Waals surface area contributed by atoms with E-state index in [1.807, 2.05) is 0 Å². The zero-order chi connectivity index (χ0) is 19.4. The number of rotatable bonds is 7. The van der Waals surface area contributed by atoms with Crippen LogP contribution in [-0.2, 0) is 9.53 Å². The van der Waals surface area contributed by atoms with Gasteiger partial charge in [-0.25, -0.2) is 0 Å². The predicted octanol–water partition coefficient (Wildman–Crippen LogP) is -1.21. The van der Waals surface area contributed by atoms with Crippen molar-refractivity contribution in [3.8, 4) is 11.5 Å². The van der Waals surface area contributed by atoms with Crippen LogP contribution in [0.3, 0.4) is 0 Å². The van der Waals surface area contributed by atoms with Crippen molar-refractivity contribution in [2.75, 3.05) is 19.7 Å². The van der Waals surface area contributed by atoms with Crippen LogP contribution in [-0.4, -0.2) is 70.7 Å². The van der Waals surface area contributed by atoms with Crippen molar-refractivity contribution in [3.63, 3.8) is 0 Å². The molecule has 1 fully saturated rings. The number of hydrogen-bond acceptors (Lipinski definition) is 8. The number of nitrogens with two attached hydrogens (primary N) is 1. The Morgan fingerprint density at radius 1 is 1.37 bits per heavy atom. The highest BCUT2D eigenvalue weighted by Gasteiger charge is 2.36. The summed E-state index contributed by atoms with van der Waals surface area (Å²) < 4.78 is 16.3. The first-order valence-electron chi connectivity index (χ1n) is 8.55. The average molecular weight is 381 g/mol. The van der Waals surface area contributed by atoms with Gasteiger partial charge in [-0.05, 0) is 18.2 Å². The lowest BCUT2D eigenvalue weighted by Crippen LogP contribution is -2.49. The summed E-state index contributed by atoms with van der Waals surface area (Å²) in [6, 6.07) is 5.17.